The first-order valence-corrected chi connectivity index (χ1v) is 7.51. The summed E-state index contributed by atoms with van der Waals surface area (Å²) in [6.07, 6.45) is 4.52. The molecular weight excluding hydrogens is 236 g/mol. The van der Waals surface area contributed by atoms with Crippen LogP contribution in [-0.4, -0.2) is 23.6 Å². The SMILES string of the molecule is CC(C)C(C(C)C)S(=O)(=O)Cc1cncnc1. The molecule has 1 heterocycles. The first-order chi connectivity index (χ1) is 7.84. The van der Waals surface area contributed by atoms with Gasteiger partial charge in [-0.2, -0.15) is 0 Å². The molecular formula is C12H20N2O2S. The second-order valence-corrected chi connectivity index (χ2v) is 7.17. The number of sulfone groups is 1. The fourth-order valence-corrected chi connectivity index (χ4v) is 4.80. The van der Waals surface area contributed by atoms with Crippen LogP contribution in [0.4, 0.5) is 0 Å². The van der Waals surface area contributed by atoms with Crippen LogP contribution in [-0.2, 0) is 15.6 Å². The van der Waals surface area contributed by atoms with Crippen molar-refractivity contribution in [2.45, 2.75) is 38.7 Å². The lowest BCUT2D eigenvalue weighted by molar-refractivity contribution is 0.450. The van der Waals surface area contributed by atoms with Gasteiger partial charge < -0.3 is 0 Å². The van der Waals surface area contributed by atoms with Crippen molar-refractivity contribution in [2.75, 3.05) is 0 Å². The Bertz CT molecular complexity index is 433. The monoisotopic (exact) mass is 256 g/mol. The third-order valence-electron chi connectivity index (χ3n) is 2.71. The number of hydrogen-bond donors (Lipinski definition) is 0. The van der Waals surface area contributed by atoms with E-state index in [4.69, 9.17) is 0 Å². The maximum atomic E-state index is 12.3. The molecule has 96 valence electrons. The molecule has 4 nitrogen and oxygen atoms in total. The largest absolute Gasteiger partial charge is 0.245 e. The topological polar surface area (TPSA) is 59.9 Å². The molecule has 0 aliphatic heterocycles. The van der Waals surface area contributed by atoms with Crippen LogP contribution in [0.5, 0.6) is 0 Å². The van der Waals surface area contributed by atoms with Crippen LogP contribution in [0.2, 0.25) is 0 Å². The molecule has 5 heteroatoms. The van der Waals surface area contributed by atoms with E-state index in [0.717, 1.165) is 0 Å². The first kappa shape index (κ1) is 14.1. The van der Waals surface area contributed by atoms with Gasteiger partial charge >= 0.3 is 0 Å². The van der Waals surface area contributed by atoms with Gasteiger partial charge in [0.15, 0.2) is 9.84 Å². The maximum absolute atomic E-state index is 12.3. The highest BCUT2D eigenvalue weighted by molar-refractivity contribution is 7.91. The second-order valence-electron chi connectivity index (χ2n) is 5.01. The fraction of sp³-hybridized carbons (Fsp3) is 0.667. The van der Waals surface area contributed by atoms with Gasteiger partial charge in [0.2, 0.25) is 0 Å². The minimum Gasteiger partial charge on any atom is -0.245 e. The summed E-state index contributed by atoms with van der Waals surface area (Å²) in [7, 11) is -3.15. The third-order valence-corrected chi connectivity index (χ3v) is 5.36. The fourth-order valence-electron chi connectivity index (χ4n) is 2.33. The van der Waals surface area contributed by atoms with Gasteiger partial charge in [-0.25, -0.2) is 18.4 Å². The quantitative estimate of drug-likeness (QED) is 0.809. The summed E-state index contributed by atoms with van der Waals surface area (Å²) in [6, 6.07) is 0. The van der Waals surface area contributed by atoms with Gasteiger partial charge in [-0.3, -0.25) is 0 Å². The van der Waals surface area contributed by atoms with Crippen molar-refractivity contribution in [1.29, 1.82) is 0 Å². The van der Waals surface area contributed by atoms with Crippen molar-refractivity contribution >= 4 is 9.84 Å². The van der Waals surface area contributed by atoms with Crippen LogP contribution in [0.15, 0.2) is 18.7 Å². The third kappa shape index (κ3) is 3.77. The van der Waals surface area contributed by atoms with Crippen molar-refractivity contribution in [3.63, 3.8) is 0 Å². The predicted octanol–water partition coefficient (Wildman–Crippen LogP) is 2.07. The molecule has 0 atom stereocenters. The molecule has 0 radical (unpaired) electrons. The van der Waals surface area contributed by atoms with Crippen LogP contribution in [0.25, 0.3) is 0 Å². The molecule has 0 N–H and O–H groups in total. The minimum absolute atomic E-state index is 0.0227. The molecule has 0 spiro atoms. The molecule has 0 aliphatic carbocycles. The summed E-state index contributed by atoms with van der Waals surface area (Å²) in [5.41, 5.74) is 0.652. The van der Waals surface area contributed by atoms with Crippen molar-refractivity contribution in [1.82, 2.24) is 9.97 Å². The van der Waals surface area contributed by atoms with E-state index in [-0.39, 0.29) is 22.8 Å². The number of nitrogens with zero attached hydrogens (tertiary/aromatic N) is 2. The lowest BCUT2D eigenvalue weighted by Crippen LogP contribution is -2.33. The minimum atomic E-state index is -3.15. The van der Waals surface area contributed by atoms with E-state index in [9.17, 15) is 8.42 Å². The number of hydrogen-bond acceptors (Lipinski definition) is 4. The Morgan fingerprint density at radius 1 is 1.06 bits per heavy atom. The molecule has 0 fully saturated rings. The van der Waals surface area contributed by atoms with E-state index in [0.29, 0.717) is 5.56 Å². The second kappa shape index (κ2) is 5.58. The lowest BCUT2D eigenvalue weighted by atomic mass is 10.0. The zero-order chi connectivity index (χ0) is 13.1. The van der Waals surface area contributed by atoms with Gasteiger partial charge in [-0.05, 0) is 11.8 Å². The number of aromatic nitrogens is 2. The number of rotatable bonds is 5. The van der Waals surface area contributed by atoms with E-state index >= 15 is 0 Å². The molecule has 17 heavy (non-hydrogen) atoms. The van der Waals surface area contributed by atoms with Crippen LogP contribution in [0, 0.1) is 11.8 Å². The zero-order valence-electron chi connectivity index (χ0n) is 10.8. The van der Waals surface area contributed by atoms with E-state index in [1.807, 2.05) is 27.7 Å². The van der Waals surface area contributed by atoms with Gasteiger partial charge in [0.1, 0.15) is 6.33 Å². The normalized spacial score (nSPS) is 12.6. The van der Waals surface area contributed by atoms with Gasteiger partial charge in [-0.15, -0.1) is 0 Å². The van der Waals surface area contributed by atoms with E-state index in [1.54, 1.807) is 12.4 Å². The van der Waals surface area contributed by atoms with E-state index in [1.165, 1.54) is 6.33 Å². The Morgan fingerprint density at radius 3 is 1.94 bits per heavy atom. The van der Waals surface area contributed by atoms with Crippen molar-refractivity contribution in [3.8, 4) is 0 Å². The van der Waals surface area contributed by atoms with Crippen molar-refractivity contribution in [2.24, 2.45) is 11.8 Å². The molecule has 0 saturated heterocycles. The highest BCUT2D eigenvalue weighted by Gasteiger charge is 2.31. The van der Waals surface area contributed by atoms with Crippen LogP contribution in [0.1, 0.15) is 33.3 Å². The summed E-state index contributed by atoms with van der Waals surface area (Å²) in [6.45, 7) is 7.79. The summed E-state index contributed by atoms with van der Waals surface area (Å²) in [5, 5.41) is -0.317. The highest BCUT2D eigenvalue weighted by Crippen LogP contribution is 2.23. The van der Waals surface area contributed by atoms with Gasteiger partial charge in [0, 0.05) is 18.0 Å². The predicted molar refractivity (Wildman–Crippen MR) is 68.1 cm³/mol. The van der Waals surface area contributed by atoms with E-state index in [2.05, 4.69) is 9.97 Å². The lowest BCUT2D eigenvalue weighted by Gasteiger charge is -2.24. The molecule has 0 aromatic carbocycles. The zero-order valence-corrected chi connectivity index (χ0v) is 11.6. The Kier molecular flexibility index (Phi) is 4.62. The Morgan fingerprint density at radius 2 is 1.53 bits per heavy atom. The first-order valence-electron chi connectivity index (χ1n) is 5.80. The summed E-state index contributed by atoms with van der Waals surface area (Å²) < 4.78 is 24.7. The molecule has 0 saturated carbocycles. The molecule has 1 rings (SSSR count). The average Bonchev–Trinajstić information content (AvgIpc) is 2.15. The highest BCUT2D eigenvalue weighted by atomic mass is 32.2. The van der Waals surface area contributed by atoms with Gasteiger partial charge in [-0.1, -0.05) is 27.7 Å². The summed E-state index contributed by atoms with van der Waals surface area (Å²) in [4.78, 5) is 7.68. The van der Waals surface area contributed by atoms with Gasteiger partial charge in [0.25, 0.3) is 0 Å². The van der Waals surface area contributed by atoms with Crippen molar-refractivity contribution in [3.05, 3.63) is 24.3 Å². The average molecular weight is 256 g/mol. The molecule has 0 amide bonds. The van der Waals surface area contributed by atoms with Crippen LogP contribution in [0.3, 0.4) is 0 Å². The van der Waals surface area contributed by atoms with E-state index < -0.39 is 9.84 Å². The summed E-state index contributed by atoms with van der Waals surface area (Å²) in [5.74, 6) is 0.253. The molecule has 1 aromatic heterocycles. The molecule has 1 aromatic rings. The Hall–Kier alpha value is -0.970. The van der Waals surface area contributed by atoms with Gasteiger partial charge in [0.05, 0.1) is 11.0 Å². The summed E-state index contributed by atoms with van der Waals surface area (Å²) >= 11 is 0. The smallest absolute Gasteiger partial charge is 0.157 e. The Balaban J connectivity index is 2.95. The molecule has 0 aliphatic rings. The molecule has 0 bridgehead atoms. The maximum Gasteiger partial charge on any atom is 0.157 e. The Labute approximate surface area is 103 Å². The molecule has 0 unspecified atom stereocenters. The van der Waals surface area contributed by atoms with Crippen LogP contribution < -0.4 is 0 Å². The van der Waals surface area contributed by atoms with Crippen LogP contribution >= 0.6 is 0 Å². The van der Waals surface area contributed by atoms with Crippen molar-refractivity contribution < 1.29 is 8.42 Å². The standard InChI is InChI=1S/C12H20N2O2S/c1-9(2)12(10(3)4)17(15,16)7-11-5-13-8-14-6-11/h5-6,8-10,12H,7H2,1-4H3.